The Bertz CT molecular complexity index is 689. The van der Waals surface area contributed by atoms with Crippen molar-refractivity contribution in [1.29, 1.82) is 0 Å². The SMILES string of the molecule is Cc1cc(C)cc(C(=O)OCC(=O)N2C[C@@]3(C)C[C@@H]2CC(C)(C)C3)c1. The van der Waals surface area contributed by atoms with E-state index in [1.807, 2.05) is 24.8 Å². The molecule has 1 aliphatic heterocycles. The third kappa shape index (κ3) is 3.88. The van der Waals surface area contributed by atoms with Crippen LogP contribution in [0.5, 0.6) is 0 Å². The van der Waals surface area contributed by atoms with Gasteiger partial charge in [-0.15, -0.1) is 0 Å². The zero-order valence-electron chi connectivity index (χ0n) is 16.0. The number of fused-ring (bicyclic) bond motifs is 2. The van der Waals surface area contributed by atoms with Crippen LogP contribution in [0.3, 0.4) is 0 Å². The number of carbonyl (C=O) groups excluding carboxylic acids is 2. The van der Waals surface area contributed by atoms with Gasteiger partial charge in [0.2, 0.25) is 0 Å². The molecule has 136 valence electrons. The van der Waals surface area contributed by atoms with Gasteiger partial charge >= 0.3 is 5.97 Å². The average Bonchev–Trinajstić information content (AvgIpc) is 2.72. The molecular formula is C21H29NO3. The number of likely N-dealkylation sites (tertiary alicyclic amines) is 1. The van der Waals surface area contributed by atoms with Gasteiger partial charge in [-0.05, 0) is 56.1 Å². The van der Waals surface area contributed by atoms with Crippen LogP contribution < -0.4 is 0 Å². The summed E-state index contributed by atoms with van der Waals surface area (Å²) in [7, 11) is 0. The van der Waals surface area contributed by atoms with Crippen molar-refractivity contribution in [3.05, 3.63) is 34.9 Å². The van der Waals surface area contributed by atoms with Crippen LogP contribution in [0.15, 0.2) is 18.2 Å². The molecule has 2 atom stereocenters. The Morgan fingerprint density at radius 3 is 2.40 bits per heavy atom. The molecule has 1 aliphatic carbocycles. The summed E-state index contributed by atoms with van der Waals surface area (Å²) in [5.41, 5.74) is 3.00. The molecule has 4 heteroatoms. The predicted octanol–water partition coefficient (Wildman–Crippen LogP) is 3.89. The summed E-state index contributed by atoms with van der Waals surface area (Å²) < 4.78 is 5.32. The van der Waals surface area contributed by atoms with E-state index in [0.29, 0.717) is 5.56 Å². The Morgan fingerprint density at radius 1 is 1.12 bits per heavy atom. The number of nitrogens with zero attached hydrogens (tertiary/aromatic N) is 1. The number of amides is 1. The number of aryl methyl sites for hydroxylation is 2. The van der Waals surface area contributed by atoms with Gasteiger partial charge in [0.25, 0.3) is 5.91 Å². The highest BCUT2D eigenvalue weighted by Crippen LogP contribution is 2.52. The van der Waals surface area contributed by atoms with E-state index in [-0.39, 0.29) is 29.4 Å². The second-order valence-corrected chi connectivity index (χ2v) is 9.19. The van der Waals surface area contributed by atoms with E-state index in [1.54, 1.807) is 12.1 Å². The van der Waals surface area contributed by atoms with E-state index < -0.39 is 5.97 Å². The number of rotatable bonds is 3. The number of ether oxygens (including phenoxy) is 1. The van der Waals surface area contributed by atoms with E-state index in [9.17, 15) is 9.59 Å². The second-order valence-electron chi connectivity index (χ2n) is 9.19. The highest BCUT2D eigenvalue weighted by Gasteiger charge is 2.50. The molecule has 2 aliphatic rings. The number of hydrogen-bond donors (Lipinski definition) is 0. The highest BCUT2D eigenvalue weighted by molar-refractivity contribution is 5.91. The van der Waals surface area contributed by atoms with Crippen molar-refractivity contribution in [2.45, 2.75) is 59.9 Å². The Balaban J connectivity index is 1.62. The summed E-state index contributed by atoms with van der Waals surface area (Å²) >= 11 is 0. The van der Waals surface area contributed by atoms with E-state index in [2.05, 4.69) is 20.8 Å². The molecule has 1 heterocycles. The molecule has 2 bridgehead atoms. The molecule has 1 aromatic carbocycles. The van der Waals surface area contributed by atoms with Crippen molar-refractivity contribution in [1.82, 2.24) is 4.90 Å². The van der Waals surface area contributed by atoms with E-state index in [1.165, 1.54) is 0 Å². The maximum Gasteiger partial charge on any atom is 0.338 e. The Kier molecular flexibility index (Phi) is 4.42. The molecule has 25 heavy (non-hydrogen) atoms. The van der Waals surface area contributed by atoms with Gasteiger partial charge in [-0.25, -0.2) is 4.79 Å². The van der Waals surface area contributed by atoms with Crippen LogP contribution in [-0.4, -0.2) is 36.0 Å². The minimum absolute atomic E-state index is 0.0656. The van der Waals surface area contributed by atoms with Crippen molar-refractivity contribution in [2.24, 2.45) is 10.8 Å². The van der Waals surface area contributed by atoms with Gasteiger partial charge in [0.1, 0.15) is 0 Å². The number of esters is 1. The van der Waals surface area contributed by atoms with Crippen molar-refractivity contribution in [3.63, 3.8) is 0 Å². The van der Waals surface area contributed by atoms with E-state index >= 15 is 0 Å². The first-order chi connectivity index (χ1) is 11.6. The average molecular weight is 343 g/mol. The van der Waals surface area contributed by atoms with Crippen molar-refractivity contribution in [3.8, 4) is 0 Å². The molecule has 0 spiro atoms. The Labute approximate surface area is 150 Å². The first kappa shape index (κ1) is 18.0. The summed E-state index contributed by atoms with van der Waals surface area (Å²) in [6.07, 6.45) is 3.23. The molecule has 0 N–H and O–H groups in total. The first-order valence-electron chi connectivity index (χ1n) is 9.12. The summed E-state index contributed by atoms with van der Waals surface area (Å²) in [6.45, 7) is 11.3. The van der Waals surface area contributed by atoms with Crippen LogP contribution in [-0.2, 0) is 9.53 Å². The molecule has 1 amide bonds. The molecule has 1 saturated carbocycles. The van der Waals surface area contributed by atoms with Crippen molar-refractivity contribution < 1.29 is 14.3 Å². The fraction of sp³-hybridized carbons (Fsp3) is 0.619. The Morgan fingerprint density at radius 2 is 1.76 bits per heavy atom. The molecular weight excluding hydrogens is 314 g/mol. The van der Waals surface area contributed by atoms with Gasteiger partial charge in [0, 0.05) is 12.6 Å². The second kappa shape index (κ2) is 6.15. The number of carbonyl (C=O) groups is 2. The minimum Gasteiger partial charge on any atom is -0.452 e. The lowest BCUT2D eigenvalue weighted by atomic mass is 9.65. The molecule has 2 fully saturated rings. The van der Waals surface area contributed by atoms with Gasteiger partial charge in [0.05, 0.1) is 5.56 Å². The fourth-order valence-electron chi connectivity index (χ4n) is 5.14. The van der Waals surface area contributed by atoms with Crippen LogP contribution in [0, 0.1) is 24.7 Å². The van der Waals surface area contributed by atoms with E-state index in [0.717, 1.165) is 36.9 Å². The molecule has 1 saturated heterocycles. The van der Waals surface area contributed by atoms with Crippen LogP contribution in [0.1, 0.15) is 61.5 Å². The standard InChI is InChI=1S/C21H29NO3/c1-14-6-15(2)8-16(7-14)19(24)25-11-18(23)22-13-21(5)10-17(22)9-20(3,4)12-21/h6-8,17H,9-13H2,1-5H3/t17-,21-/m0/s1. The summed E-state index contributed by atoms with van der Waals surface area (Å²) in [5.74, 6) is -0.488. The van der Waals surface area contributed by atoms with Crippen molar-refractivity contribution >= 4 is 11.9 Å². The lowest BCUT2D eigenvalue weighted by Crippen LogP contribution is -2.39. The highest BCUT2D eigenvalue weighted by atomic mass is 16.5. The van der Waals surface area contributed by atoms with Gasteiger partial charge in [-0.3, -0.25) is 4.79 Å². The normalized spacial score (nSPS) is 27.2. The number of hydrogen-bond acceptors (Lipinski definition) is 3. The minimum atomic E-state index is -0.422. The first-order valence-corrected chi connectivity index (χ1v) is 9.12. The van der Waals surface area contributed by atoms with E-state index in [4.69, 9.17) is 4.74 Å². The topological polar surface area (TPSA) is 46.6 Å². The van der Waals surface area contributed by atoms with Gasteiger partial charge in [-0.1, -0.05) is 38.0 Å². The van der Waals surface area contributed by atoms with Crippen LogP contribution in [0.4, 0.5) is 0 Å². The van der Waals surface area contributed by atoms with Crippen LogP contribution >= 0.6 is 0 Å². The lowest BCUT2D eigenvalue weighted by molar-refractivity contribution is -0.135. The number of benzene rings is 1. The third-order valence-electron chi connectivity index (χ3n) is 5.52. The third-order valence-corrected chi connectivity index (χ3v) is 5.52. The van der Waals surface area contributed by atoms with Crippen molar-refractivity contribution in [2.75, 3.05) is 13.2 Å². The van der Waals surface area contributed by atoms with Gasteiger partial charge in [0.15, 0.2) is 6.61 Å². The maximum absolute atomic E-state index is 12.7. The fourth-order valence-corrected chi connectivity index (χ4v) is 5.14. The summed E-state index contributed by atoms with van der Waals surface area (Å²) in [4.78, 5) is 26.9. The Hall–Kier alpha value is -1.84. The monoisotopic (exact) mass is 343 g/mol. The molecule has 0 unspecified atom stereocenters. The molecule has 1 aromatic rings. The smallest absolute Gasteiger partial charge is 0.338 e. The van der Waals surface area contributed by atoms with Gasteiger partial charge < -0.3 is 9.64 Å². The molecule has 0 aromatic heterocycles. The summed E-state index contributed by atoms with van der Waals surface area (Å²) in [5, 5.41) is 0. The van der Waals surface area contributed by atoms with Crippen LogP contribution in [0.25, 0.3) is 0 Å². The predicted molar refractivity (Wildman–Crippen MR) is 97.4 cm³/mol. The lowest BCUT2D eigenvalue weighted by Gasteiger charge is -2.39. The largest absolute Gasteiger partial charge is 0.452 e. The molecule has 4 nitrogen and oxygen atoms in total. The maximum atomic E-state index is 12.7. The summed E-state index contributed by atoms with van der Waals surface area (Å²) in [6, 6.07) is 5.88. The molecule has 3 rings (SSSR count). The van der Waals surface area contributed by atoms with Crippen LogP contribution in [0.2, 0.25) is 0 Å². The zero-order chi connectivity index (χ0) is 18.4. The quantitative estimate of drug-likeness (QED) is 0.782. The molecule has 0 radical (unpaired) electrons. The van der Waals surface area contributed by atoms with Gasteiger partial charge in [-0.2, -0.15) is 0 Å². The zero-order valence-corrected chi connectivity index (χ0v) is 16.0.